The molecule has 0 heterocycles. The molecule has 0 aliphatic rings. The van der Waals surface area contributed by atoms with Gasteiger partial charge < -0.3 is 9.80 Å². The minimum absolute atomic E-state index is 1.15. The van der Waals surface area contributed by atoms with Crippen molar-refractivity contribution in [3.8, 4) is 0 Å². The van der Waals surface area contributed by atoms with Crippen LogP contribution in [0.1, 0.15) is 22.3 Å². The van der Waals surface area contributed by atoms with Crippen LogP contribution >= 0.6 is 0 Å². The van der Waals surface area contributed by atoms with Crippen LogP contribution in [0.5, 0.6) is 0 Å². The average Bonchev–Trinajstić information content (AvgIpc) is 3.14. The van der Waals surface area contributed by atoms with Gasteiger partial charge in [0.05, 0.1) is 11.4 Å². The molecule has 0 saturated heterocycles. The second-order valence-corrected chi connectivity index (χ2v) is 13.7. The van der Waals surface area contributed by atoms with Gasteiger partial charge in [-0.1, -0.05) is 119 Å². The van der Waals surface area contributed by atoms with Crippen LogP contribution in [0.15, 0.2) is 158 Å². The van der Waals surface area contributed by atoms with Crippen LogP contribution in [-0.2, 0) is 0 Å². The molecule has 2 nitrogen and oxygen atoms in total. The zero-order chi connectivity index (χ0) is 33.9. The molecule has 9 aromatic carbocycles. The summed E-state index contributed by atoms with van der Waals surface area (Å²) in [5, 5.41) is 10.2. The van der Waals surface area contributed by atoms with E-state index in [4.69, 9.17) is 0 Å². The van der Waals surface area contributed by atoms with Gasteiger partial charge in [0, 0.05) is 33.5 Å². The molecule has 0 atom stereocenters. The molecule has 0 amide bonds. The highest BCUT2D eigenvalue weighted by Crippen LogP contribution is 2.48. The molecule has 240 valence electrons. The number of anilines is 6. The number of hydrogen-bond acceptors (Lipinski definition) is 2. The molecule has 0 fully saturated rings. The van der Waals surface area contributed by atoms with Gasteiger partial charge in [-0.2, -0.15) is 0 Å². The van der Waals surface area contributed by atoms with E-state index in [0.29, 0.717) is 0 Å². The molecule has 9 rings (SSSR count). The van der Waals surface area contributed by atoms with Crippen molar-refractivity contribution in [3.05, 3.63) is 180 Å². The van der Waals surface area contributed by atoms with Crippen LogP contribution in [0.3, 0.4) is 0 Å². The highest BCUT2D eigenvalue weighted by atomic mass is 15.1. The van der Waals surface area contributed by atoms with E-state index in [0.717, 1.165) is 22.7 Å². The maximum atomic E-state index is 2.40. The van der Waals surface area contributed by atoms with Crippen LogP contribution in [0.2, 0.25) is 0 Å². The van der Waals surface area contributed by atoms with Gasteiger partial charge >= 0.3 is 0 Å². The Kier molecular flexibility index (Phi) is 7.07. The van der Waals surface area contributed by atoms with E-state index in [1.54, 1.807) is 0 Å². The number of hydrogen-bond donors (Lipinski definition) is 0. The predicted octanol–water partition coefficient (Wildman–Crippen LogP) is 13.9. The first-order chi connectivity index (χ1) is 24.4. The number of rotatable bonds is 6. The molecule has 0 aromatic heterocycles. The largest absolute Gasteiger partial charge is 0.310 e. The maximum absolute atomic E-state index is 2.40. The second-order valence-electron chi connectivity index (χ2n) is 13.7. The minimum atomic E-state index is 1.15. The van der Waals surface area contributed by atoms with Gasteiger partial charge in [0.1, 0.15) is 0 Å². The third-order valence-corrected chi connectivity index (χ3v) is 10.3. The fraction of sp³-hybridized carbons (Fsp3) is 0.0833. The monoisotopic (exact) mass is 642 g/mol. The fourth-order valence-electron chi connectivity index (χ4n) is 7.70. The van der Waals surface area contributed by atoms with Gasteiger partial charge in [0.2, 0.25) is 0 Å². The molecule has 2 heteroatoms. The minimum Gasteiger partial charge on any atom is -0.310 e. The molecule has 0 unspecified atom stereocenters. The molecule has 9 aromatic rings. The van der Waals surface area contributed by atoms with Crippen molar-refractivity contribution >= 4 is 77.2 Å². The number of nitrogens with zero attached hydrogens (tertiary/aromatic N) is 2. The lowest BCUT2D eigenvalue weighted by Crippen LogP contribution is -2.11. The molecule has 0 spiro atoms. The summed E-state index contributed by atoms with van der Waals surface area (Å²) in [5.74, 6) is 0. The van der Waals surface area contributed by atoms with Crippen molar-refractivity contribution in [2.45, 2.75) is 27.7 Å². The predicted molar refractivity (Wildman–Crippen MR) is 216 cm³/mol. The first-order valence-corrected chi connectivity index (χ1v) is 17.4. The summed E-state index contributed by atoms with van der Waals surface area (Å²) in [6.45, 7) is 8.58. The highest BCUT2D eigenvalue weighted by molar-refractivity contribution is 6.35. The summed E-state index contributed by atoms with van der Waals surface area (Å²) in [4.78, 5) is 4.81. The lowest BCUT2D eigenvalue weighted by molar-refractivity contribution is 1.28. The van der Waals surface area contributed by atoms with Gasteiger partial charge in [-0.05, 0) is 121 Å². The first-order valence-electron chi connectivity index (χ1n) is 17.4. The summed E-state index contributed by atoms with van der Waals surface area (Å²) >= 11 is 0. The molecule has 0 aliphatic carbocycles. The number of aryl methyl sites for hydroxylation is 4. The van der Waals surface area contributed by atoms with E-state index in [1.165, 1.54) is 76.7 Å². The maximum Gasteiger partial charge on any atom is 0.0540 e. The summed E-state index contributed by atoms with van der Waals surface area (Å²) < 4.78 is 0. The lowest BCUT2D eigenvalue weighted by atomic mass is 9.88. The van der Waals surface area contributed by atoms with Crippen molar-refractivity contribution in [2.24, 2.45) is 0 Å². The third-order valence-electron chi connectivity index (χ3n) is 10.3. The van der Waals surface area contributed by atoms with E-state index in [2.05, 4.69) is 195 Å². The molecular formula is C48H38N2. The van der Waals surface area contributed by atoms with Crippen molar-refractivity contribution in [1.82, 2.24) is 0 Å². The average molecular weight is 643 g/mol. The molecule has 0 radical (unpaired) electrons. The fourth-order valence-corrected chi connectivity index (χ4v) is 7.70. The first kappa shape index (κ1) is 30.0. The van der Waals surface area contributed by atoms with Gasteiger partial charge in [-0.3, -0.25) is 0 Å². The van der Waals surface area contributed by atoms with Crippen molar-refractivity contribution in [2.75, 3.05) is 9.80 Å². The Morgan fingerprint density at radius 3 is 0.820 bits per heavy atom. The smallest absolute Gasteiger partial charge is 0.0540 e. The highest BCUT2D eigenvalue weighted by Gasteiger charge is 2.22. The second kappa shape index (κ2) is 11.8. The normalized spacial score (nSPS) is 11.6. The zero-order valence-electron chi connectivity index (χ0n) is 28.9. The summed E-state index contributed by atoms with van der Waals surface area (Å²) in [6.07, 6.45) is 0. The van der Waals surface area contributed by atoms with Crippen molar-refractivity contribution in [1.29, 1.82) is 0 Å². The van der Waals surface area contributed by atoms with E-state index in [9.17, 15) is 0 Å². The van der Waals surface area contributed by atoms with Crippen LogP contribution in [0.4, 0.5) is 34.1 Å². The van der Waals surface area contributed by atoms with Gasteiger partial charge in [-0.15, -0.1) is 0 Å². The van der Waals surface area contributed by atoms with Crippen LogP contribution < -0.4 is 9.80 Å². The van der Waals surface area contributed by atoms with Crippen LogP contribution in [-0.4, -0.2) is 0 Å². The van der Waals surface area contributed by atoms with Crippen LogP contribution in [0.25, 0.3) is 43.1 Å². The van der Waals surface area contributed by atoms with E-state index in [-0.39, 0.29) is 0 Å². The molecular weight excluding hydrogens is 605 g/mol. The van der Waals surface area contributed by atoms with Crippen molar-refractivity contribution < 1.29 is 0 Å². The SMILES string of the molecule is Cc1ccc(N(c2ccc(C)cc2)c2ccc3c4cccc5c(N(c6ccc(C)cc6)c6ccc(C)cc6)ccc(c6cccc2c63)c54)cc1. The Labute approximate surface area is 293 Å². The van der Waals surface area contributed by atoms with E-state index in [1.807, 2.05) is 0 Å². The topological polar surface area (TPSA) is 6.48 Å². The van der Waals surface area contributed by atoms with Crippen molar-refractivity contribution in [3.63, 3.8) is 0 Å². The van der Waals surface area contributed by atoms with E-state index >= 15 is 0 Å². The quantitative estimate of drug-likeness (QED) is 0.132. The number of benzene rings is 9. The Balaban J connectivity index is 1.31. The standard InChI is InChI=1S/C48H38N2/c1-31-11-19-35(20-12-31)49(36-21-13-32(2)14-22-36)45-29-27-41-40-8-6-10-44-46(30-28-42(48(40)44)39-7-5-9-43(45)47(39)41)50(37-23-15-33(3)16-24-37)38-25-17-34(4)18-26-38/h5-30H,1-4H3. The Morgan fingerprint density at radius 2 is 0.520 bits per heavy atom. The molecule has 0 N–H and O–H groups in total. The number of fused-ring (bicyclic) bond motifs is 2. The summed E-state index contributed by atoms with van der Waals surface area (Å²) in [7, 11) is 0. The summed E-state index contributed by atoms with van der Waals surface area (Å²) in [6, 6.07) is 58.5. The Morgan fingerprint density at radius 1 is 0.260 bits per heavy atom. The molecule has 0 aliphatic heterocycles. The summed E-state index contributed by atoms with van der Waals surface area (Å²) in [5.41, 5.74) is 12.0. The van der Waals surface area contributed by atoms with Gasteiger partial charge in [-0.25, -0.2) is 0 Å². The molecule has 0 bridgehead atoms. The van der Waals surface area contributed by atoms with E-state index < -0.39 is 0 Å². The Bertz CT molecular complexity index is 2350. The lowest BCUT2D eigenvalue weighted by Gasteiger charge is -2.29. The molecule has 0 saturated carbocycles. The van der Waals surface area contributed by atoms with Gasteiger partial charge in [0.15, 0.2) is 0 Å². The zero-order valence-corrected chi connectivity index (χ0v) is 28.9. The Hall–Kier alpha value is -6.12. The van der Waals surface area contributed by atoms with Gasteiger partial charge in [0.25, 0.3) is 0 Å². The third kappa shape index (κ3) is 4.87. The molecule has 50 heavy (non-hydrogen) atoms. The van der Waals surface area contributed by atoms with Crippen LogP contribution in [0, 0.1) is 27.7 Å².